The molecule has 7 rings (SSSR count). The standard InChI is InChI=1S/C37H45N9O3/c38-24-30-8-7-21-46(30)33(47)25-39-16-15-37(36-40-42-43-41-36)31-13-11-28(34(48)44-17-3-1-4-18-44)22-26(31)9-10-27-23-29(12-14-32(27)37)35(49)45-19-5-2-6-20-45/h11-14,22-23,30,39H,1-10,15-21,25H2,(H,40,41,42,43). The molecule has 4 heterocycles. The Morgan fingerprint density at radius 2 is 1.43 bits per heavy atom. The Morgan fingerprint density at radius 1 is 0.837 bits per heavy atom. The Labute approximate surface area is 287 Å². The van der Waals surface area contributed by atoms with Gasteiger partial charge in [-0.25, -0.2) is 5.10 Å². The van der Waals surface area contributed by atoms with E-state index < -0.39 is 5.41 Å². The number of amides is 3. The number of aromatic amines is 1. The van der Waals surface area contributed by atoms with E-state index in [4.69, 9.17) is 0 Å². The van der Waals surface area contributed by atoms with Gasteiger partial charge in [0.25, 0.3) is 11.8 Å². The predicted molar refractivity (Wildman–Crippen MR) is 182 cm³/mol. The molecule has 0 saturated carbocycles. The van der Waals surface area contributed by atoms with Crippen LogP contribution in [0.5, 0.6) is 0 Å². The number of piperidine rings is 2. The summed E-state index contributed by atoms with van der Waals surface area (Å²) in [6.07, 6.45) is 9.83. The van der Waals surface area contributed by atoms with Gasteiger partial charge in [0.15, 0.2) is 5.82 Å². The van der Waals surface area contributed by atoms with Crippen LogP contribution in [0.25, 0.3) is 0 Å². The lowest BCUT2D eigenvalue weighted by molar-refractivity contribution is -0.130. The zero-order valence-corrected chi connectivity index (χ0v) is 28.1. The van der Waals surface area contributed by atoms with E-state index in [1.807, 2.05) is 34.1 Å². The van der Waals surface area contributed by atoms with Gasteiger partial charge >= 0.3 is 0 Å². The zero-order chi connectivity index (χ0) is 33.8. The van der Waals surface area contributed by atoms with Crippen molar-refractivity contribution in [1.82, 2.24) is 40.6 Å². The average Bonchev–Trinajstić information content (AvgIpc) is 3.86. The van der Waals surface area contributed by atoms with Crippen LogP contribution in [0.2, 0.25) is 0 Å². The summed E-state index contributed by atoms with van der Waals surface area (Å²) in [6, 6.07) is 14.0. The molecule has 1 aliphatic carbocycles. The molecule has 2 N–H and O–H groups in total. The number of carbonyl (C=O) groups is 3. The average molecular weight is 664 g/mol. The minimum atomic E-state index is -0.844. The van der Waals surface area contributed by atoms with Gasteiger partial charge in [-0.1, -0.05) is 12.1 Å². The molecule has 1 unspecified atom stereocenters. The number of nitrogens with zero attached hydrogens (tertiary/aromatic N) is 7. The van der Waals surface area contributed by atoms with E-state index in [1.54, 1.807) is 4.90 Å². The molecular formula is C37H45N9O3. The zero-order valence-electron chi connectivity index (χ0n) is 28.1. The fraction of sp³-hybridized carbons (Fsp3) is 0.541. The van der Waals surface area contributed by atoms with Gasteiger partial charge in [-0.05, 0) is 134 Å². The molecule has 1 atom stereocenters. The summed E-state index contributed by atoms with van der Waals surface area (Å²) in [5, 5.41) is 28.5. The van der Waals surface area contributed by atoms with Gasteiger partial charge in [0.05, 0.1) is 18.0 Å². The van der Waals surface area contributed by atoms with Crippen molar-refractivity contribution in [2.24, 2.45) is 0 Å². The Hall–Kier alpha value is -4.63. The number of hydrogen-bond donors (Lipinski definition) is 2. The topological polar surface area (TPSA) is 151 Å². The predicted octanol–water partition coefficient (Wildman–Crippen LogP) is 3.38. The highest BCUT2D eigenvalue weighted by atomic mass is 16.2. The van der Waals surface area contributed by atoms with E-state index in [0.29, 0.717) is 55.7 Å². The number of rotatable bonds is 8. The summed E-state index contributed by atoms with van der Waals surface area (Å²) in [6.45, 7) is 4.29. The molecule has 0 spiro atoms. The van der Waals surface area contributed by atoms with Crippen molar-refractivity contribution in [3.63, 3.8) is 0 Å². The van der Waals surface area contributed by atoms with E-state index in [1.165, 1.54) is 0 Å². The van der Waals surface area contributed by atoms with Gasteiger partial charge in [-0.2, -0.15) is 5.26 Å². The Bertz CT molecular complexity index is 1640. The number of nitrogens with one attached hydrogen (secondary N) is 2. The summed E-state index contributed by atoms with van der Waals surface area (Å²) in [5.74, 6) is 0.605. The third-order valence-corrected chi connectivity index (χ3v) is 11.0. The lowest BCUT2D eigenvalue weighted by Crippen LogP contribution is -2.42. The van der Waals surface area contributed by atoms with Gasteiger partial charge < -0.3 is 20.0 Å². The first kappa shape index (κ1) is 32.9. The molecular weight excluding hydrogens is 618 g/mol. The minimum Gasteiger partial charge on any atom is -0.339 e. The lowest BCUT2D eigenvalue weighted by atomic mass is 9.69. The quantitative estimate of drug-likeness (QED) is 0.348. The molecule has 256 valence electrons. The molecule has 3 aromatic rings. The number of aromatic nitrogens is 4. The molecule has 0 radical (unpaired) electrons. The monoisotopic (exact) mass is 663 g/mol. The van der Waals surface area contributed by atoms with Crippen molar-refractivity contribution >= 4 is 17.7 Å². The molecule has 4 aliphatic rings. The van der Waals surface area contributed by atoms with E-state index in [2.05, 4.69) is 44.1 Å². The number of H-pyrrole nitrogens is 1. The maximum Gasteiger partial charge on any atom is 0.253 e. The number of nitriles is 1. The molecule has 2 aromatic carbocycles. The minimum absolute atomic E-state index is 0.0587. The van der Waals surface area contributed by atoms with Gasteiger partial charge in [-0.15, -0.1) is 5.10 Å². The van der Waals surface area contributed by atoms with Crippen LogP contribution in [0, 0.1) is 11.3 Å². The van der Waals surface area contributed by atoms with Gasteiger partial charge in [0.2, 0.25) is 5.91 Å². The van der Waals surface area contributed by atoms with Gasteiger partial charge in [-0.3, -0.25) is 14.4 Å². The molecule has 49 heavy (non-hydrogen) atoms. The number of likely N-dealkylation sites (tertiary alicyclic amines) is 3. The van der Waals surface area contributed by atoms with Crippen LogP contribution in [0.4, 0.5) is 0 Å². The van der Waals surface area contributed by atoms with Crippen LogP contribution in [0.3, 0.4) is 0 Å². The third kappa shape index (κ3) is 6.44. The van der Waals surface area contributed by atoms with E-state index in [-0.39, 0.29) is 30.3 Å². The normalized spacial score (nSPS) is 20.2. The Balaban J connectivity index is 1.25. The maximum atomic E-state index is 13.7. The number of benzene rings is 2. The van der Waals surface area contributed by atoms with Crippen molar-refractivity contribution < 1.29 is 14.4 Å². The summed E-state index contributed by atoms with van der Waals surface area (Å²) in [7, 11) is 0. The number of hydrogen-bond acceptors (Lipinski definition) is 8. The van der Waals surface area contributed by atoms with Gasteiger partial charge in [0, 0.05) is 43.9 Å². The van der Waals surface area contributed by atoms with Crippen molar-refractivity contribution in [2.75, 3.05) is 45.8 Å². The van der Waals surface area contributed by atoms with Crippen LogP contribution in [0.15, 0.2) is 36.4 Å². The second kappa shape index (κ2) is 14.5. The van der Waals surface area contributed by atoms with E-state index in [9.17, 15) is 19.6 Å². The van der Waals surface area contributed by atoms with Crippen molar-refractivity contribution in [3.05, 3.63) is 75.6 Å². The van der Waals surface area contributed by atoms with Crippen LogP contribution >= 0.6 is 0 Å². The highest BCUT2D eigenvalue weighted by Gasteiger charge is 2.44. The molecule has 3 amide bonds. The molecule has 0 bridgehead atoms. The largest absolute Gasteiger partial charge is 0.339 e. The molecule has 12 nitrogen and oxygen atoms in total. The van der Waals surface area contributed by atoms with Crippen LogP contribution in [-0.2, 0) is 23.1 Å². The number of carbonyl (C=O) groups excluding carboxylic acids is 3. The SMILES string of the molecule is N#CC1CCCN1C(=O)CNCCC1(c2nnn[nH]2)c2ccc(C(=O)N3CCCCC3)cc2CCc2cc(C(=O)N3CCCCC3)ccc21. The Morgan fingerprint density at radius 3 is 1.96 bits per heavy atom. The maximum absolute atomic E-state index is 13.7. The second-order valence-corrected chi connectivity index (χ2v) is 13.9. The van der Waals surface area contributed by atoms with E-state index >= 15 is 0 Å². The second-order valence-electron chi connectivity index (χ2n) is 13.9. The lowest BCUT2D eigenvalue weighted by Gasteiger charge is -2.35. The molecule has 12 heteroatoms. The molecule has 3 saturated heterocycles. The van der Waals surface area contributed by atoms with E-state index in [0.717, 1.165) is 93.4 Å². The van der Waals surface area contributed by atoms with Gasteiger partial charge in [0.1, 0.15) is 6.04 Å². The summed E-state index contributed by atoms with van der Waals surface area (Å²) in [5.41, 5.74) is 4.62. The first-order valence-electron chi connectivity index (χ1n) is 18.0. The molecule has 1 aromatic heterocycles. The molecule has 3 fully saturated rings. The fourth-order valence-corrected chi connectivity index (χ4v) is 8.43. The number of tetrazole rings is 1. The highest BCUT2D eigenvalue weighted by molar-refractivity contribution is 5.95. The van der Waals surface area contributed by atoms with Crippen molar-refractivity contribution in [1.29, 1.82) is 5.26 Å². The Kier molecular flexibility index (Phi) is 9.71. The van der Waals surface area contributed by atoms with Crippen molar-refractivity contribution in [3.8, 4) is 6.07 Å². The van der Waals surface area contributed by atoms with Crippen LogP contribution in [0.1, 0.15) is 107 Å². The number of fused-ring (bicyclic) bond motifs is 2. The molecule has 3 aliphatic heterocycles. The van der Waals surface area contributed by atoms with Crippen LogP contribution < -0.4 is 5.32 Å². The van der Waals surface area contributed by atoms with Crippen LogP contribution in [-0.4, -0.2) is 105 Å². The summed E-state index contributed by atoms with van der Waals surface area (Å²) < 4.78 is 0. The number of aryl methyl sites for hydroxylation is 2. The first-order valence-corrected chi connectivity index (χ1v) is 18.0. The first-order chi connectivity index (χ1) is 24.0. The third-order valence-electron chi connectivity index (χ3n) is 11.0. The smallest absolute Gasteiger partial charge is 0.253 e. The fourth-order valence-electron chi connectivity index (χ4n) is 8.43. The highest BCUT2D eigenvalue weighted by Crippen LogP contribution is 2.46. The summed E-state index contributed by atoms with van der Waals surface area (Å²) >= 11 is 0. The summed E-state index contributed by atoms with van der Waals surface area (Å²) in [4.78, 5) is 46.0. The van der Waals surface area contributed by atoms with Crippen molar-refractivity contribution in [2.45, 2.75) is 82.1 Å².